The van der Waals surface area contributed by atoms with Crippen molar-refractivity contribution in [1.29, 1.82) is 0 Å². The minimum Gasteiger partial charge on any atom is -0.308 e. The molecule has 6 nitrogen and oxygen atoms in total. The molecule has 1 aromatic carbocycles. The molecule has 0 aliphatic carbocycles. The first-order valence-corrected chi connectivity index (χ1v) is 7.56. The monoisotopic (exact) mass is 294 g/mol. The minimum absolute atomic E-state index is 0.461. The Balaban J connectivity index is 1.36. The van der Waals surface area contributed by atoms with Crippen LogP contribution in [0.2, 0.25) is 0 Å². The lowest BCUT2D eigenvalue weighted by Gasteiger charge is -2.23. The van der Waals surface area contributed by atoms with Crippen molar-refractivity contribution in [3.63, 3.8) is 0 Å². The van der Waals surface area contributed by atoms with Crippen molar-refractivity contribution in [3.05, 3.63) is 60.7 Å². The first-order chi connectivity index (χ1) is 10.9. The Morgan fingerprint density at radius 2 is 2.14 bits per heavy atom. The maximum absolute atomic E-state index is 4.26. The van der Waals surface area contributed by atoms with Gasteiger partial charge in [-0.3, -0.25) is 0 Å². The summed E-state index contributed by atoms with van der Waals surface area (Å²) in [5, 5.41) is 7.87. The van der Waals surface area contributed by atoms with Gasteiger partial charge in [-0.05, 0) is 24.1 Å². The smallest absolute Gasteiger partial charge is 0.138 e. The number of imidazole rings is 1. The summed E-state index contributed by atoms with van der Waals surface area (Å²) in [5.74, 6) is 1.10. The maximum Gasteiger partial charge on any atom is 0.138 e. The highest BCUT2D eigenvalue weighted by Crippen LogP contribution is 2.13. The van der Waals surface area contributed by atoms with Crippen LogP contribution in [0.5, 0.6) is 0 Å². The van der Waals surface area contributed by atoms with Crippen molar-refractivity contribution in [3.8, 4) is 5.69 Å². The Morgan fingerprint density at radius 1 is 1.23 bits per heavy atom. The number of aryl methyl sites for hydroxylation is 1. The molecule has 3 aromatic rings. The lowest BCUT2D eigenvalue weighted by molar-refractivity contribution is 0.358. The summed E-state index contributed by atoms with van der Waals surface area (Å²) >= 11 is 0. The van der Waals surface area contributed by atoms with Crippen molar-refractivity contribution >= 4 is 0 Å². The molecular formula is C16H18N6. The Hall–Kier alpha value is -2.47. The largest absolute Gasteiger partial charge is 0.308 e. The molecule has 0 bridgehead atoms. The fraction of sp³-hybridized carbons (Fsp3) is 0.312. The van der Waals surface area contributed by atoms with Gasteiger partial charge in [0.25, 0.3) is 0 Å². The van der Waals surface area contributed by atoms with Crippen LogP contribution in [-0.4, -0.2) is 30.4 Å². The Labute approximate surface area is 128 Å². The van der Waals surface area contributed by atoms with Crippen LogP contribution in [-0.2, 0) is 19.5 Å². The van der Waals surface area contributed by atoms with Crippen molar-refractivity contribution in [1.82, 2.24) is 29.6 Å². The molecule has 0 amide bonds. The summed E-state index contributed by atoms with van der Waals surface area (Å²) in [7, 11) is 0. The van der Waals surface area contributed by atoms with Crippen LogP contribution < -0.4 is 5.32 Å². The summed E-state index contributed by atoms with van der Waals surface area (Å²) in [5.41, 5.74) is 2.42. The topological polar surface area (TPSA) is 60.6 Å². The Kier molecular flexibility index (Phi) is 3.44. The van der Waals surface area contributed by atoms with Gasteiger partial charge < -0.3 is 9.88 Å². The molecule has 1 aliphatic rings. The summed E-state index contributed by atoms with van der Waals surface area (Å²) in [4.78, 5) is 8.33. The number of hydrogen-bond donors (Lipinski definition) is 1. The van der Waals surface area contributed by atoms with Gasteiger partial charge >= 0.3 is 0 Å². The van der Waals surface area contributed by atoms with Gasteiger partial charge in [-0.15, -0.1) is 0 Å². The summed E-state index contributed by atoms with van der Waals surface area (Å²) < 4.78 is 4.01. The van der Waals surface area contributed by atoms with E-state index >= 15 is 0 Å². The van der Waals surface area contributed by atoms with E-state index in [2.05, 4.69) is 44.6 Å². The second-order valence-corrected chi connectivity index (χ2v) is 5.61. The highest BCUT2D eigenvalue weighted by molar-refractivity contribution is 5.34. The SMILES string of the molecule is c1cn(-c2ccc(CNC3CCc4ncnn4C3)cc2)cn1. The summed E-state index contributed by atoms with van der Waals surface area (Å²) in [6.45, 7) is 1.78. The van der Waals surface area contributed by atoms with E-state index in [0.717, 1.165) is 37.4 Å². The molecule has 22 heavy (non-hydrogen) atoms. The lowest BCUT2D eigenvalue weighted by atomic mass is 10.1. The van der Waals surface area contributed by atoms with Crippen molar-refractivity contribution < 1.29 is 0 Å². The van der Waals surface area contributed by atoms with Crippen LogP contribution in [0.15, 0.2) is 49.3 Å². The number of rotatable bonds is 4. The molecule has 0 spiro atoms. The van der Waals surface area contributed by atoms with Gasteiger partial charge in [0.15, 0.2) is 0 Å². The van der Waals surface area contributed by atoms with E-state index in [1.807, 2.05) is 21.8 Å². The second-order valence-electron chi connectivity index (χ2n) is 5.61. The van der Waals surface area contributed by atoms with Gasteiger partial charge in [0, 0.05) is 37.1 Å². The standard InChI is InChI=1S/C16H18N6/c1-4-15(21-8-7-17-12-21)5-2-13(1)9-18-14-3-6-16-19-11-20-22(16)10-14/h1-2,4-5,7-8,11-12,14,18H,3,6,9-10H2. The summed E-state index contributed by atoms with van der Waals surface area (Å²) in [6.07, 6.45) is 9.31. The molecule has 0 saturated heterocycles. The number of nitrogens with one attached hydrogen (secondary N) is 1. The van der Waals surface area contributed by atoms with Crippen LogP contribution in [0.4, 0.5) is 0 Å². The number of hydrogen-bond acceptors (Lipinski definition) is 4. The quantitative estimate of drug-likeness (QED) is 0.793. The molecule has 1 atom stereocenters. The van der Waals surface area contributed by atoms with Gasteiger partial charge in [0.05, 0.1) is 12.9 Å². The van der Waals surface area contributed by atoms with E-state index in [0.29, 0.717) is 6.04 Å². The number of fused-ring (bicyclic) bond motifs is 1. The van der Waals surface area contributed by atoms with E-state index in [1.165, 1.54) is 5.56 Å². The fourth-order valence-corrected chi connectivity index (χ4v) is 2.86. The lowest BCUT2D eigenvalue weighted by Crippen LogP contribution is -2.37. The van der Waals surface area contributed by atoms with E-state index in [9.17, 15) is 0 Å². The predicted molar refractivity (Wildman–Crippen MR) is 82.5 cm³/mol. The molecule has 4 rings (SSSR count). The van der Waals surface area contributed by atoms with Gasteiger partial charge in [0.2, 0.25) is 0 Å². The molecule has 3 heterocycles. The molecule has 1 unspecified atom stereocenters. The van der Waals surface area contributed by atoms with Crippen molar-refractivity contribution in [2.24, 2.45) is 0 Å². The van der Waals surface area contributed by atoms with Crippen LogP contribution in [0.3, 0.4) is 0 Å². The molecule has 0 saturated carbocycles. The minimum atomic E-state index is 0.461. The average Bonchev–Trinajstić information content (AvgIpc) is 3.24. The zero-order valence-electron chi connectivity index (χ0n) is 12.3. The molecule has 112 valence electrons. The fourth-order valence-electron chi connectivity index (χ4n) is 2.86. The molecule has 6 heteroatoms. The predicted octanol–water partition coefficient (Wildman–Crippen LogP) is 1.57. The molecule has 0 fully saturated rings. The Bertz CT molecular complexity index is 728. The molecule has 1 aliphatic heterocycles. The van der Waals surface area contributed by atoms with Crippen LogP contribution in [0, 0.1) is 0 Å². The van der Waals surface area contributed by atoms with E-state index < -0.39 is 0 Å². The van der Waals surface area contributed by atoms with Crippen molar-refractivity contribution in [2.45, 2.75) is 32.0 Å². The average molecular weight is 294 g/mol. The third-order valence-electron chi connectivity index (χ3n) is 4.14. The van der Waals surface area contributed by atoms with Gasteiger partial charge in [-0.1, -0.05) is 12.1 Å². The maximum atomic E-state index is 4.26. The van der Waals surface area contributed by atoms with Crippen LogP contribution in [0.1, 0.15) is 17.8 Å². The third-order valence-corrected chi connectivity index (χ3v) is 4.14. The van der Waals surface area contributed by atoms with Gasteiger partial charge in [-0.2, -0.15) is 5.10 Å². The highest BCUT2D eigenvalue weighted by atomic mass is 15.3. The van der Waals surface area contributed by atoms with E-state index in [4.69, 9.17) is 0 Å². The normalized spacial score (nSPS) is 17.4. The van der Waals surface area contributed by atoms with E-state index in [-0.39, 0.29) is 0 Å². The van der Waals surface area contributed by atoms with E-state index in [1.54, 1.807) is 12.5 Å². The molecule has 0 radical (unpaired) electrons. The zero-order chi connectivity index (χ0) is 14.8. The first kappa shape index (κ1) is 13.2. The summed E-state index contributed by atoms with van der Waals surface area (Å²) in [6, 6.07) is 9.02. The van der Waals surface area contributed by atoms with Crippen molar-refractivity contribution in [2.75, 3.05) is 0 Å². The second kappa shape index (κ2) is 5.73. The number of benzene rings is 1. The molecule has 2 aromatic heterocycles. The Morgan fingerprint density at radius 3 is 2.95 bits per heavy atom. The third kappa shape index (κ3) is 2.65. The first-order valence-electron chi connectivity index (χ1n) is 7.56. The number of nitrogens with zero attached hydrogens (tertiary/aromatic N) is 5. The highest BCUT2D eigenvalue weighted by Gasteiger charge is 2.18. The number of aromatic nitrogens is 5. The van der Waals surface area contributed by atoms with Gasteiger partial charge in [-0.25, -0.2) is 14.6 Å². The van der Waals surface area contributed by atoms with Crippen LogP contribution in [0.25, 0.3) is 5.69 Å². The van der Waals surface area contributed by atoms with Crippen LogP contribution >= 0.6 is 0 Å². The molecule has 1 N–H and O–H groups in total. The van der Waals surface area contributed by atoms with Gasteiger partial charge in [0.1, 0.15) is 12.2 Å². The molecular weight excluding hydrogens is 276 g/mol. The zero-order valence-corrected chi connectivity index (χ0v) is 12.3.